The second-order valence-corrected chi connectivity index (χ2v) is 7.20. The SMILES string of the molecule is CCOc1ccc(-n2cc(-c3ccccc3)c3c(N4CCOCC4)ncnc32)cc1. The summed E-state index contributed by atoms with van der Waals surface area (Å²) in [4.78, 5) is 11.7. The fourth-order valence-electron chi connectivity index (χ4n) is 3.96. The van der Waals surface area contributed by atoms with E-state index in [-0.39, 0.29) is 0 Å². The van der Waals surface area contributed by atoms with Gasteiger partial charge in [0.05, 0.1) is 25.2 Å². The predicted octanol–water partition coefficient (Wildman–Crippen LogP) is 4.32. The fourth-order valence-corrected chi connectivity index (χ4v) is 3.96. The first-order chi connectivity index (χ1) is 14.8. The van der Waals surface area contributed by atoms with Gasteiger partial charge < -0.3 is 18.9 Å². The maximum absolute atomic E-state index is 5.60. The van der Waals surface area contributed by atoms with Crippen LogP contribution in [-0.4, -0.2) is 47.4 Å². The molecule has 0 radical (unpaired) electrons. The van der Waals surface area contributed by atoms with Crippen molar-refractivity contribution in [2.24, 2.45) is 0 Å². The Labute approximate surface area is 175 Å². The van der Waals surface area contributed by atoms with Gasteiger partial charge in [0.2, 0.25) is 0 Å². The first-order valence-corrected chi connectivity index (χ1v) is 10.3. The van der Waals surface area contributed by atoms with Crippen molar-refractivity contribution in [2.45, 2.75) is 6.92 Å². The first kappa shape index (κ1) is 18.6. The summed E-state index contributed by atoms with van der Waals surface area (Å²) in [5.74, 6) is 1.83. The van der Waals surface area contributed by atoms with Crippen LogP contribution < -0.4 is 9.64 Å². The van der Waals surface area contributed by atoms with Gasteiger partial charge in [0, 0.05) is 30.5 Å². The van der Waals surface area contributed by atoms with E-state index in [2.05, 4.69) is 62.0 Å². The Kier molecular flexibility index (Phi) is 5.07. The summed E-state index contributed by atoms with van der Waals surface area (Å²) in [5.41, 5.74) is 4.21. The normalized spacial score (nSPS) is 14.2. The lowest BCUT2D eigenvalue weighted by atomic mass is 10.1. The number of rotatable bonds is 5. The lowest BCUT2D eigenvalue weighted by Gasteiger charge is -2.28. The molecule has 6 heteroatoms. The van der Waals surface area contributed by atoms with Crippen molar-refractivity contribution in [3.8, 4) is 22.6 Å². The lowest BCUT2D eigenvalue weighted by Crippen LogP contribution is -2.36. The molecule has 4 aromatic rings. The lowest BCUT2D eigenvalue weighted by molar-refractivity contribution is 0.122. The van der Waals surface area contributed by atoms with Gasteiger partial charge in [-0.25, -0.2) is 9.97 Å². The third-order valence-electron chi connectivity index (χ3n) is 5.38. The molecule has 5 rings (SSSR count). The van der Waals surface area contributed by atoms with Crippen molar-refractivity contribution in [3.05, 3.63) is 67.1 Å². The minimum Gasteiger partial charge on any atom is -0.494 e. The number of fused-ring (bicyclic) bond motifs is 1. The number of hydrogen-bond acceptors (Lipinski definition) is 5. The Morgan fingerprint density at radius 1 is 0.967 bits per heavy atom. The van der Waals surface area contributed by atoms with Crippen LogP contribution in [0.5, 0.6) is 5.75 Å². The highest BCUT2D eigenvalue weighted by atomic mass is 16.5. The van der Waals surface area contributed by atoms with E-state index in [1.807, 2.05) is 25.1 Å². The summed E-state index contributed by atoms with van der Waals surface area (Å²) < 4.78 is 13.3. The average Bonchev–Trinajstić information content (AvgIpc) is 3.21. The molecule has 0 amide bonds. The predicted molar refractivity (Wildman–Crippen MR) is 119 cm³/mol. The second kappa shape index (κ2) is 8.16. The van der Waals surface area contributed by atoms with Crippen molar-refractivity contribution in [1.82, 2.24) is 14.5 Å². The monoisotopic (exact) mass is 400 g/mol. The quantitative estimate of drug-likeness (QED) is 0.499. The zero-order valence-corrected chi connectivity index (χ0v) is 17.0. The standard InChI is InChI=1S/C24H24N4O2/c1-2-30-20-10-8-19(9-11-20)28-16-21(18-6-4-3-5-7-18)22-23(25-17-26-24(22)28)27-12-14-29-15-13-27/h3-11,16-17H,2,12-15H2,1H3. The fraction of sp³-hybridized carbons (Fsp3) is 0.250. The highest BCUT2D eigenvalue weighted by Crippen LogP contribution is 2.37. The van der Waals surface area contributed by atoms with Gasteiger partial charge in [-0.15, -0.1) is 0 Å². The summed E-state index contributed by atoms with van der Waals surface area (Å²) in [6.45, 7) is 5.73. The molecule has 2 aromatic heterocycles. The van der Waals surface area contributed by atoms with Crippen molar-refractivity contribution in [2.75, 3.05) is 37.8 Å². The summed E-state index contributed by atoms with van der Waals surface area (Å²) >= 11 is 0. The van der Waals surface area contributed by atoms with E-state index in [0.29, 0.717) is 19.8 Å². The highest BCUT2D eigenvalue weighted by Gasteiger charge is 2.22. The van der Waals surface area contributed by atoms with Gasteiger partial charge in [-0.3, -0.25) is 0 Å². The van der Waals surface area contributed by atoms with Crippen LogP contribution >= 0.6 is 0 Å². The maximum atomic E-state index is 5.60. The number of ether oxygens (including phenoxy) is 2. The van der Waals surface area contributed by atoms with E-state index in [1.54, 1.807) is 6.33 Å². The number of anilines is 1. The van der Waals surface area contributed by atoms with E-state index in [1.165, 1.54) is 0 Å². The van der Waals surface area contributed by atoms with Gasteiger partial charge in [0.25, 0.3) is 0 Å². The van der Waals surface area contributed by atoms with Crippen molar-refractivity contribution >= 4 is 16.9 Å². The Morgan fingerprint density at radius 2 is 1.73 bits per heavy atom. The van der Waals surface area contributed by atoms with Crippen LogP contribution in [0, 0.1) is 0 Å². The minimum absolute atomic E-state index is 0.653. The molecule has 1 fully saturated rings. The van der Waals surface area contributed by atoms with Crippen molar-refractivity contribution in [1.29, 1.82) is 0 Å². The Morgan fingerprint density at radius 3 is 2.47 bits per heavy atom. The summed E-state index contributed by atoms with van der Waals surface area (Å²) in [6.07, 6.45) is 3.82. The zero-order chi connectivity index (χ0) is 20.3. The molecule has 0 bridgehead atoms. The molecular weight excluding hydrogens is 376 g/mol. The van der Waals surface area contributed by atoms with E-state index in [0.717, 1.165) is 52.5 Å². The van der Waals surface area contributed by atoms with Crippen LogP contribution in [0.4, 0.5) is 5.82 Å². The first-order valence-electron chi connectivity index (χ1n) is 10.3. The largest absolute Gasteiger partial charge is 0.494 e. The van der Waals surface area contributed by atoms with Crippen LogP contribution in [0.1, 0.15) is 6.92 Å². The molecule has 0 aliphatic carbocycles. The molecule has 0 unspecified atom stereocenters. The van der Waals surface area contributed by atoms with Crippen LogP contribution in [0.2, 0.25) is 0 Å². The van der Waals surface area contributed by atoms with Crippen LogP contribution in [0.15, 0.2) is 67.1 Å². The van der Waals surface area contributed by atoms with Crippen LogP contribution in [-0.2, 0) is 4.74 Å². The smallest absolute Gasteiger partial charge is 0.150 e. The molecule has 0 N–H and O–H groups in total. The number of aromatic nitrogens is 3. The molecular formula is C24H24N4O2. The highest BCUT2D eigenvalue weighted by molar-refractivity contribution is 6.02. The van der Waals surface area contributed by atoms with Crippen molar-refractivity contribution in [3.63, 3.8) is 0 Å². The molecule has 3 heterocycles. The number of nitrogens with zero attached hydrogens (tertiary/aromatic N) is 4. The average molecular weight is 400 g/mol. The van der Waals surface area contributed by atoms with Gasteiger partial charge in [-0.1, -0.05) is 30.3 Å². The summed E-state index contributed by atoms with van der Waals surface area (Å²) in [7, 11) is 0. The third kappa shape index (κ3) is 3.39. The van der Waals surface area contributed by atoms with Crippen LogP contribution in [0.25, 0.3) is 27.8 Å². The zero-order valence-electron chi connectivity index (χ0n) is 17.0. The summed E-state index contributed by atoms with van der Waals surface area (Å²) in [6, 6.07) is 18.6. The summed E-state index contributed by atoms with van der Waals surface area (Å²) in [5, 5.41) is 1.07. The van der Waals surface area contributed by atoms with Gasteiger partial charge >= 0.3 is 0 Å². The molecule has 1 aliphatic rings. The molecule has 1 aliphatic heterocycles. The van der Waals surface area contributed by atoms with E-state index in [4.69, 9.17) is 9.47 Å². The Bertz CT molecular complexity index is 1130. The second-order valence-electron chi connectivity index (χ2n) is 7.20. The van der Waals surface area contributed by atoms with Gasteiger partial charge in [0.15, 0.2) is 5.65 Å². The van der Waals surface area contributed by atoms with E-state index in [9.17, 15) is 0 Å². The molecule has 30 heavy (non-hydrogen) atoms. The molecule has 0 atom stereocenters. The molecule has 152 valence electrons. The van der Waals surface area contributed by atoms with E-state index < -0.39 is 0 Å². The topological polar surface area (TPSA) is 52.4 Å². The molecule has 2 aromatic carbocycles. The van der Waals surface area contributed by atoms with Gasteiger partial charge in [0.1, 0.15) is 17.9 Å². The van der Waals surface area contributed by atoms with Crippen LogP contribution in [0.3, 0.4) is 0 Å². The Balaban J connectivity index is 1.70. The maximum Gasteiger partial charge on any atom is 0.150 e. The third-order valence-corrected chi connectivity index (χ3v) is 5.38. The van der Waals surface area contributed by atoms with Crippen molar-refractivity contribution < 1.29 is 9.47 Å². The number of benzene rings is 2. The van der Waals surface area contributed by atoms with E-state index >= 15 is 0 Å². The van der Waals surface area contributed by atoms with Gasteiger partial charge in [-0.2, -0.15) is 0 Å². The van der Waals surface area contributed by atoms with Gasteiger partial charge in [-0.05, 0) is 36.8 Å². The number of morpholine rings is 1. The molecule has 0 saturated carbocycles. The number of hydrogen-bond donors (Lipinski definition) is 0. The molecule has 6 nitrogen and oxygen atoms in total. The minimum atomic E-state index is 0.653. The molecule has 0 spiro atoms. The molecule has 1 saturated heterocycles. The Hall–Kier alpha value is -3.38.